The molecular weight excluding hydrogens is 150 g/mol. The minimum absolute atomic E-state index is 0.202. The van der Waals surface area contributed by atoms with Gasteiger partial charge in [-0.25, -0.2) is 0 Å². The van der Waals surface area contributed by atoms with Gasteiger partial charge in [-0.3, -0.25) is 4.79 Å². The van der Waals surface area contributed by atoms with Gasteiger partial charge in [-0.2, -0.15) is 0 Å². The molecule has 0 aromatic carbocycles. The van der Waals surface area contributed by atoms with Crippen LogP contribution in [-0.4, -0.2) is 11.8 Å². The van der Waals surface area contributed by atoms with E-state index in [0.717, 1.165) is 19.3 Å². The monoisotopic (exact) mass is 165 g/mol. The van der Waals surface area contributed by atoms with Gasteiger partial charge in [-0.1, -0.05) is 0 Å². The predicted molar refractivity (Wildman–Crippen MR) is 48.4 cm³/mol. The molecule has 0 bridgehead atoms. The highest BCUT2D eigenvalue weighted by Gasteiger charge is 2.26. The smallest absolute Gasteiger partial charge is 0.136 e. The van der Waals surface area contributed by atoms with E-state index in [0.29, 0.717) is 18.6 Å². The first kappa shape index (κ1) is 9.28. The van der Waals surface area contributed by atoms with Gasteiger partial charge >= 0.3 is 0 Å². The van der Waals surface area contributed by atoms with Crippen LogP contribution in [0.1, 0.15) is 32.1 Å². The molecule has 0 spiro atoms. The Morgan fingerprint density at radius 2 is 2.33 bits per heavy atom. The highest BCUT2D eigenvalue weighted by atomic mass is 16.1. The topological polar surface area (TPSA) is 43.1 Å². The summed E-state index contributed by atoms with van der Waals surface area (Å²) in [6, 6.07) is 0.241. The summed E-state index contributed by atoms with van der Waals surface area (Å²) in [5.74, 6) is 2.99. The molecule has 1 aliphatic carbocycles. The second kappa shape index (κ2) is 4.27. The van der Waals surface area contributed by atoms with Crippen LogP contribution >= 0.6 is 0 Å². The van der Waals surface area contributed by atoms with Gasteiger partial charge in [-0.05, 0) is 19.3 Å². The SMILES string of the molecule is C#CCCC(=O)C1CCC(N)C1. The summed E-state index contributed by atoms with van der Waals surface area (Å²) in [5.41, 5.74) is 5.70. The maximum atomic E-state index is 11.4. The van der Waals surface area contributed by atoms with Crippen LogP contribution in [0.25, 0.3) is 0 Å². The van der Waals surface area contributed by atoms with Gasteiger partial charge < -0.3 is 5.73 Å². The fraction of sp³-hybridized carbons (Fsp3) is 0.700. The number of rotatable bonds is 3. The van der Waals surface area contributed by atoms with Crippen LogP contribution in [0, 0.1) is 18.3 Å². The van der Waals surface area contributed by atoms with E-state index < -0.39 is 0 Å². The Morgan fingerprint density at radius 3 is 2.83 bits per heavy atom. The second-order valence-corrected chi connectivity index (χ2v) is 3.44. The van der Waals surface area contributed by atoms with E-state index in [-0.39, 0.29) is 12.0 Å². The number of nitrogens with two attached hydrogens (primary N) is 1. The first-order chi connectivity index (χ1) is 5.74. The number of terminal acetylenes is 1. The maximum Gasteiger partial charge on any atom is 0.136 e. The lowest BCUT2D eigenvalue weighted by Crippen LogP contribution is -2.17. The highest BCUT2D eigenvalue weighted by Crippen LogP contribution is 2.25. The molecule has 0 aromatic rings. The lowest BCUT2D eigenvalue weighted by molar-refractivity contribution is -0.122. The third kappa shape index (κ3) is 2.35. The lowest BCUT2D eigenvalue weighted by Gasteiger charge is -2.05. The van der Waals surface area contributed by atoms with E-state index >= 15 is 0 Å². The van der Waals surface area contributed by atoms with E-state index in [1.165, 1.54) is 0 Å². The summed E-state index contributed by atoms with van der Waals surface area (Å²) in [4.78, 5) is 11.4. The van der Waals surface area contributed by atoms with Crippen LogP contribution in [0.3, 0.4) is 0 Å². The molecule has 2 atom stereocenters. The largest absolute Gasteiger partial charge is 0.328 e. The Bertz CT molecular complexity index is 204. The Balaban J connectivity index is 2.29. The van der Waals surface area contributed by atoms with Crippen molar-refractivity contribution in [3.05, 3.63) is 0 Å². The summed E-state index contributed by atoms with van der Waals surface area (Å²) in [5, 5.41) is 0. The van der Waals surface area contributed by atoms with Crippen molar-refractivity contribution in [2.24, 2.45) is 11.7 Å². The molecule has 0 radical (unpaired) electrons. The van der Waals surface area contributed by atoms with Crippen LogP contribution in [-0.2, 0) is 4.79 Å². The van der Waals surface area contributed by atoms with Crippen LogP contribution in [0.15, 0.2) is 0 Å². The van der Waals surface area contributed by atoms with Crippen molar-refractivity contribution in [3.63, 3.8) is 0 Å². The molecule has 0 saturated heterocycles. The predicted octanol–water partition coefficient (Wildman–Crippen LogP) is 1.10. The molecule has 66 valence electrons. The van der Waals surface area contributed by atoms with Crippen LogP contribution in [0.2, 0.25) is 0 Å². The molecule has 2 N–H and O–H groups in total. The third-order valence-electron chi connectivity index (χ3n) is 2.44. The van der Waals surface area contributed by atoms with Crippen molar-refractivity contribution in [2.45, 2.75) is 38.1 Å². The molecule has 1 saturated carbocycles. The summed E-state index contributed by atoms with van der Waals surface area (Å²) in [6.07, 6.45) is 9.01. The van der Waals surface area contributed by atoms with Crippen LogP contribution < -0.4 is 5.73 Å². The number of hydrogen-bond donors (Lipinski definition) is 1. The number of ketones is 1. The minimum Gasteiger partial charge on any atom is -0.328 e. The molecule has 0 amide bonds. The molecule has 1 rings (SSSR count). The van der Waals surface area contributed by atoms with Gasteiger partial charge in [0.05, 0.1) is 0 Å². The molecule has 0 aromatic heterocycles. The van der Waals surface area contributed by atoms with Crippen molar-refractivity contribution >= 4 is 5.78 Å². The van der Waals surface area contributed by atoms with Gasteiger partial charge in [0.1, 0.15) is 5.78 Å². The van der Waals surface area contributed by atoms with Gasteiger partial charge in [0.25, 0.3) is 0 Å². The summed E-state index contributed by atoms with van der Waals surface area (Å²) in [7, 11) is 0. The number of carbonyl (C=O) groups is 1. The van der Waals surface area contributed by atoms with Crippen molar-refractivity contribution in [3.8, 4) is 12.3 Å². The highest BCUT2D eigenvalue weighted by molar-refractivity contribution is 5.81. The Kier molecular flexibility index (Phi) is 3.31. The minimum atomic E-state index is 0.202. The molecule has 2 unspecified atom stereocenters. The summed E-state index contributed by atoms with van der Waals surface area (Å²) in [6.45, 7) is 0. The second-order valence-electron chi connectivity index (χ2n) is 3.44. The molecule has 1 aliphatic rings. The van der Waals surface area contributed by atoms with Crippen molar-refractivity contribution in [1.82, 2.24) is 0 Å². The molecule has 1 fully saturated rings. The number of carbonyl (C=O) groups excluding carboxylic acids is 1. The lowest BCUT2D eigenvalue weighted by atomic mass is 9.99. The van der Waals surface area contributed by atoms with Crippen LogP contribution in [0.4, 0.5) is 0 Å². The average molecular weight is 165 g/mol. The fourth-order valence-corrected chi connectivity index (χ4v) is 1.71. The van der Waals surface area contributed by atoms with E-state index in [4.69, 9.17) is 12.2 Å². The van der Waals surface area contributed by atoms with E-state index in [9.17, 15) is 4.79 Å². The average Bonchev–Trinajstić information content (AvgIpc) is 2.47. The van der Waals surface area contributed by atoms with E-state index in [2.05, 4.69) is 5.92 Å². The summed E-state index contributed by atoms with van der Waals surface area (Å²) < 4.78 is 0. The van der Waals surface area contributed by atoms with Crippen molar-refractivity contribution in [1.29, 1.82) is 0 Å². The summed E-state index contributed by atoms with van der Waals surface area (Å²) >= 11 is 0. The molecule has 0 heterocycles. The number of hydrogen-bond acceptors (Lipinski definition) is 2. The quantitative estimate of drug-likeness (QED) is 0.636. The molecule has 2 heteroatoms. The molecule has 0 aliphatic heterocycles. The Morgan fingerprint density at radius 1 is 1.58 bits per heavy atom. The van der Waals surface area contributed by atoms with Gasteiger partial charge in [0.15, 0.2) is 0 Å². The molecule has 2 nitrogen and oxygen atoms in total. The maximum absolute atomic E-state index is 11.4. The fourth-order valence-electron chi connectivity index (χ4n) is 1.71. The van der Waals surface area contributed by atoms with E-state index in [1.54, 1.807) is 0 Å². The Hall–Kier alpha value is -0.810. The first-order valence-electron chi connectivity index (χ1n) is 4.45. The zero-order valence-corrected chi connectivity index (χ0v) is 7.25. The third-order valence-corrected chi connectivity index (χ3v) is 2.44. The molecular formula is C10H15NO. The van der Waals surface area contributed by atoms with Crippen molar-refractivity contribution in [2.75, 3.05) is 0 Å². The molecule has 12 heavy (non-hydrogen) atoms. The van der Waals surface area contributed by atoms with Crippen LogP contribution in [0.5, 0.6) is 0 Å². The zero-order chi connectivity index (χ0) is 8.97. The Labute approximate surface area is 73.5 Å². The van der Waals surface area contributed by atoms with E-state index in [1.807, 2.05) is 0 Å². The standard InChI is InChI=1S/C10H15NO/c1-2-3-4-10(12)8-5-6-9(11)7-8/h1,8-9H,3-7,11H2. The van der Waals surface area contributed by atoms with Crippen molar-refractivity contribution < 1.29 is 4.79 Å². The first-order valence-corrected chi connectivity index (χ1v) is 4.45. The zero-order valence-electron chi connectivity index (χ0n) is 7.25. The van der Waals surface area contributed by atoms with Gasteiger partial charge in [0.2, 0.25) is 0 Å². The van der Waals surface area contributed by atoms with Gasteiger partial charge in [-0.15, -0.1) is 12.3 Å². The number of Topliss-reactive ketones (excluding diaryl/α,β-unsaturated/α-hetero) is 1. The normalized spacial score (nSPS) is 28.3. The van der Waals surface area contributed by atoms with Gasteiger partial charge in [0, 0.05) is 24.8 Å².